The van der Waals surface area contributed by atoms with Crippen LogP contribution >= 0.6 is 0 Å². The van der Waals surface area contributed by atoms with Gasteiger partial charge in [0.25, 0.3) is 5.91 Å². The molecule has 0 bridgehead atoms. The van der Waals surface area contributed by atoms with Gasteiger partial charge in [-0.2, -0.15) is 0 Å². The Morgan fingerprint density at radius 1 is 1.42 bits per heavy atom. The van der Waals surface area contributed by atoms with Crippen molar-refractivity contribution in [3.8, 4) is 0 Å². The van der Waals surface area contributed by atoms with Crippen molar-refractivity contribution in [1.29, 1.82) is 0 Å². The van der Waals surface area contributed by atoms with Crippen molar-refractivity contribution in [1.82, 2.24) is 15.5 Å². The first kappa shape index (κ1) is 15.4. The van der Waals surface area contributed by atoms with Crippen LogP contribution in [0.2, 0.25) is 0 Å². The van der Waals surface area contributed by atoms with Gasteiger partial charge in [-0.05, 0) is 31.9 Å². The van der Waals surface area contributed by atoms with E-state index in [-0.39, 0.29) is 11.9 Å². The number of rotatable bonds is 8. The summed E-state index contributed by atoms with van der Waals surface area (Å²) in [4.78, 5) is 11.9. The molecule has 6 heteroatoms. The molecule has 1 atom stereocenters. The molecular weight excluding hydrogens is 244 g/mol. The number of ether oxygens (including phenoxy) is 1. The van der Waals surface area contributed by atoms with E-state index in [2.05, 4.69) is 27.8 Å². The van der Waals surface area contributed by atoms with Gasteiger partial charge in [0.2, 0.25) is 0 Å². The molecule has 1 rings (SSSR count). The molecule has 1 unspecified atom stereocenters. The fourth-order valence-corrected chi connectivity index (χ4v) is 1.47. The molecule has 0 aromatic carbocycles. The lowest BCUT2D eigenvalue weighted by Gasteiger charge is -2.12. The third kappa shape index (κ3) is 5.65. The van der Waals surface area contributed by atoms with E-state index >= 15 is 0 Å². The van der Waals surface area contributed by atoms with Gasteiger partial charge in [0, 0.05) is 26.3 Å². The summed E-state index contributed by atoms with van der Waals surface area (Å²) in [6.07, 6.45) is 1.78. The van der Waals surface area contributed by atoms with Crippen molar-refractivity contribution in [3.05, 3.63) is 17.8 Å². The van der Waals surface area contributed by atoms with Crippen LogP contribution in [0.3, 0.4) is 0 Å². The smallest absolute Gasteiger partial charge is 0.272 e. The second kappa shape index (κ2) is 8.42. The number of nitrogens with one attached hydrogen (secondary N) is 2. The zero-order chi connectivity index (χ0) is 14.1. The molecule has 1 heterocycles. The van der Waals surface area contributed by atoms with E-state index in [4.69, 9.17) is 4.74 Å². The van der Waals surface area contributed by atoms with Crippen molar-refractivity contribution >= 4 is 11.7 Å². The zero-order valence-electron chi connectivity index (χ0n) is 11.8. The van der Waals surface area contributed by atoms with E-state index in [0.717, 1.165) is 19.4 Å². The first-order valence-corrected chi connectivity index (χ1v) is 6.54. The fourth-order valence-electron chi connectivity index (χ4n) is 1.47. The van der Waals surface area contributed by atoms with Crippen LogP contribution in [0.5, 0.6) is 0 Å². The Balaban J connectivity index is 2.48. The van der Waals surface area contributed by atoms with Crippen LogP contribution in [0.4, 0.5) is 5.82 Å². The summed E-state index contributed by atoms with van der Waals surface area (Å²) >= 11 is 0. The second-order valence-electron chi connectivity index (χ2n) is 4.39. The van der Waals surface area contributed by atoms with Crippen LogP contribution in [-0.2, 0) is 4.74 Å². The van der Waals surface area contributed by atoms with Gasteiger partial charge in [0.15, 0.2) is 5.69 Å². The number of anilines is 1. The number of hydrogen-bond donors (Lipinski definition) is 2. The lowest BCUT2D eigenvalue weighted by Crippen LogP contribution is -2.34. The number of carbonyl (C=O) groups is 1. The summed E-state index contributed by atoms with van der Waals surface area (Å²) in [7, 11) is 1.64. The SMILES string of the molecule is CCCNc1ccc(C(=O)NC(C)CCOC)nn1. The maximum Gasteiger partial charge on any atom is 0.272 e. The summed E-state index contributed by atoms with van der Waals surface area (Å²) < 4.78 is 4.97. The molecule has 0 spiro atoms. The van der Waals surface area contributed by atoms with E-state index in [1.54, 1.807) is 19.2 Å². The van der Waals surface area contributed by atoms with Gasteiger partial charge in [-0.3, -0.25) is 4.79 Å². The number of methoxy groups -OCH3 is 1. The van der Waals surface area contributed by atoms with Crippen molar-refractivity contribution in [2.24, 2.45) is 0 Å². The topological polar surface area (TPSA) is 76.1 Å². The molecule has 1 aromatic rings. The molecule has 106 valence electrons. The molecule has 19 heavy (non-hydrogen) atoms. The zero-order valence-corrected chi connectivity index (χ0v) is 11.8. The van der Waals surface area contributed by atoms with Gasteiger partial charge in [-0.25, -0.2) is 0 Å². The predicted octanol–water partition coefficient (Wildman–Crippen LogP) is 1.45. The molecule has 1 amide bonds. The first-order chi connectivity index (χ1) is 9.17. The fraction of sp³-hybridized carbons (Fsp3) is 0.615. The highest BCUT2D eigenvalue weighted by Gasteiger charge is 2.11. The number of aromatic nitrogens is 2. The van der Waals surface area contributed by atoms with Crippen molar-refractivity contribution in [2.45, 2.75) is 32.7 Å². The van der Waals surface area contributed by atoms with E-state index < -0.39 is 0 Å². The lowest BCUT2D eigenvalue weighted by atomic mass is 10.2. The van der Waals surface area contributed by atoms with Crippen LogP contribution in [0.15, 0.2) is 12.1 Å². The third-order valence-electron chi connectivity index (χ3n) is 2.59. The summed E-state index contributed by atoms with van der Waals surface area (Å²) in [6.45, 7) is 5.46. The maximum absolute atomic E-state index is 11.9. The molecule has 0 aliphatic heterocycles. The van der Waals surface area contributed by atoms with Gasteiger partial charge in [-0.15, -0.1) is 10.2 Å². The number of amides is 1. The molecule has 0 fully saturated rings. The van der Waals surface area contributed by atoms with Gasteiger partial charge in [-0.1, -0.05) is 6.92 Å². The summed E-state index contributed by atoms with van der Waals surface area (Å²) in [5, 5.41) is 13.8. The quantitative estimate of drug-likeness (QED) is 0.745. The highest BCUT2D eigenvalue weighted by molar-refractivity contribution is 5.92. The summed E-state index contributed by atoms with van der Waals surface area (Å²) in [5.41, 5.74) is 0.325. The summed E-state index contributed by atoms with van der Waals surface area (Å²) in [5.74, 6) is 0.476. The minimum Gasteiger partial charge on any atom is -0.385 e. The molecule has 1 aromatic heterocycles. The minimum absolute atomic E-state index is 0.0483. The molecule has 2 N–H and O–H groups in total. The van der Waals surface area contributed by atoms with E-state index in [0.29, 0.717) is 18.1 Å². The molecular formula is C13H22N4O2. The number of hydrogen-bond acceptors (Lipinski definition) is 5. The standard InChI is InChI=1S/C13H22N4O2/c1-4-8-14-12-6-5-11(16-17-12)13(18)15-10(2)7-9-19-3/h5-6,10H,4,7-9H2,1-3H3,(H,14,17)(H,15,18). The van der Waals surface area contributed by atoms with Gasteiger partial charge in [0.1, 0.15) is 5.82 Å². The van der Waals surface area contributed by atoms with Gasteiger partial charge < -0.3 is 15.4 Å². The van der Waals surface area contributed by atoms with Crippen LogP contribution < -0.4 is 10.6 Å². The molecule has 0 saturated carbocycles. The molecule has 0 radical (unpaired) electrons. The Kier molecular flexibility index (Phi) is 6.81. The Hall–Kier alpha value is -1.69. The Labute approximate surface area is 113 Å². The van der Waals surface area contributed by atoms with Crippen molar-refractivity contribution in [2.75, 3.05) is 25.6 Å². The van der Waals surface area contributed by atoms with E-state index in [1.807, 2.05) is 6.92 Å². The Bertz CT molecular complexity index is 381. The highest BCUT2D eigenvalue weighted by Crippen LogP contribution is 2.03. The monoisotopic (exact) mass is 266 g/mol. The van der Waals surface area contributed by atoms with E-state index in [1.165, 1.54) is 0 Å². The average Bonchev–Trinajstić information content (AvgIpc) is 2.43. The highest BCUT2D eigenvalue weighted by atomic mass is 16.5. The maximum atomic E-state index is 11.9. The van der Waals surface area contributed by atoms with Crippen LogP contribution in [0.25, 0.3) is 0 Å². The Morgan fingerprint density at radius 2 is 2.21 bits per heavy atom. The second-order valence-corrected chi connectivity index (χ2v) is 4.39. The van der Waals surface area contributed by atoms with Crippen molar-refractivity contribution < 1.29 is 9.53 Å². The largest absolute Gasteiger partial charge is 0.385 e. The van der Waals surface area contributed by atoms with Crippen LogP contribution in [0.1, 0.15) is 37.2 Å². The molecule has 6 nitrogen and oxygen atoms in total. The van der Waals surface area contributed by atoms with Crippen LogP contribution in [-0.4, -0.2) is 42.4 Å². The summed E-state index contributed by atoms with van der Waals surface area (Å²) in [6, 6.07) is 3.48. The van der Waals surface area contributed by atoms with Gasteiger partial charge >= 0.3 is 0 Å². The third-order valence-corrected chi connectivity index (χ3v) is 2.59. The molecule has 0 aliphatic carbocycles. The first-order valence-electron chi connectivity index (χ1n) is 6.54. The normalized spacial score (nSPS) is 11.9. The molecule has 0 aliphatic rings. The predicted molar refractivity (Wildman–Crippen MR) is 74.2 cm³/mol. The number of nitrogens with zero attached hydrogens (tertiary/aromatic N) is 2. The Morgan fingerprint density at radius 3 is 2.79 bits per heavy atom. The molecule has 0 saturated heterocycles. The number of carbonyl (C=O) groups excluding carboxylic acids is 1. The average molecular weight is 266 g/mol. The lowest BCUT2D eigenvalue weighted by molar-refractivity contribution is 0.0923. The van der Waals surface area contributed by atoms with Crippen LogP contribution in [0, 0.1) is 0 Å². The van der Waals surface area contributed by atoms with E-state index in [9.17, 15) is 4.79 Å². The minimum atomic E-state index is -0.210. The van der Waals surface area contributed by atoms with Crippen molar-refractivity contribution in [3.63, 3.8) is 0 Å². The van der Waals surface area contributed by atoms with Gasteiger partial charge in [0.05, 0.1) is 0 Å².